The number of carbonyl (C=O) groups is 2. The Hall–Kier alpha value is -3.37. The van der Waals surface area contributed by atoms with Crippen molar-refractivity contribution in [2.45, 2.75) is 6.54 Å². The largest absolute Gasteiger partial charge is 0.346 e. The molecule has 2 aromatic carbocycles. The number of rotatable bonds is 6. The molecule has 0 atom stereocenters. The van der Waals surface area contributed by atoms with Crippen LogP contribution in [0.1, 0.15) is 11.1 Å². The average Bonchev–Trinajstić information content (AvgIpc) is 3.45. The number of carbonyl (C=O) groups excluding carboxylic acids is 2. The molecule has 33 heavy (non-hydrogen) atoms. The highest BCUT2D eigenvalue weighted by atomic mass is 35.5. The standard InChI is InChI=1S/C26H20ClN3O2S/c1-3-10-29(2)11-12-30-14-19(17-6-4-5-7-21(17)30)23-24(26(32)28-25(23)31)20-15-33-22-9-8-16(27)13-18(20)22/h1,4-9,13-15H,10-12H2,2H3,(H,28,31,32). The summed E-state index contributed by atoms with van der Waals surface area (Å²) in [6.45, 7) is 2.02. The van der Waals surface area contributed by atoms with E-state index in [1.165, 1.54) is 11.3 Å². The lowest BCUT2D eigenvalue weighted by molar-refractivity contribution is -0.122. The van der Waals surface area contributed by atoms with Crippen LogP contribution in [0.5, 0.6) is 0 Å². The lowest BCUT2D eigenvalue weighted by Gasteiger charge is -2.14. The molecule has 1 aliphatic heterocycles. The van der Waals surface area contributed by atoms with E-state index in [1.54, 1.807) is 0 Å². The first kappa shape index (κ1) is 21.5. The normalized spacial score (nSPS) is 14.0. The quantitative estimate of drug-likeness (QED) is 0.328. The van der Waals surface area contributed by atoms with Crippen LogP contribution < -0.4 is 5.32 Å². The van der Waals surface area contributed by atoms with Crippen molar-refractivity contribution in [1.29, 1.82) is 0 Å². The molecule has 0 saturated carbocycles. The summed E-state index contributed by atoms with van der Waals surface area (Å²) in [5.74, 6) is 1.88. The molecule has 0 bridgehead atoms. The maximum atomic E-state index is 13.0. The Morgan fingerprint density at radius 2 is 1.85 bits per heavy atom. The summed E-state index contributed by atoms with van der Waals surface area (Å²) in [6, 6.07) is 13.5. The summed E-state index contributed by atoms with van der Waals surface area (Å²) in [6.07, 6.45) is 7.39. The second kappa shape index (κ2) is 8.53. The van der Waals surface area contributed by atoms with Crippen molar-refractivity contribution in [3.8, 4) is 12.3 Å². The van der Waals surface area contributed by atoms with Crippen molar-refractivity contribution >= 4 is 66.9 Å². The molecule has 2 amide bonds. The first-order valence-electron chi connectivity index (χ1n) is 10.4. The highest BCUT2D eigenvalue weighted by Gasteiger charge is 2.35. The number of aromatic nitrogens is 1. The number of likely N-dealkylation sites (N-methyl/N-ethyl adjacent to an activating group) is 1. The van der Waals surface area contributed by atoms with Gasteiger partial charge in [0.05, 0.1) is 17.7 Å². The summed E-state index contributed by atoms with van der Waals surface area (Å²) >= 11 is 7.76. The predicted octanol–water partition coefficient (Wildman–Crippen LogP) is 4.64. The smallest absolute Gasteiger partial charge is 0.259 e. The van der Waals surface area contributed by atoms with Crippen LogP contribution >= 0.6 is 22.9 Å². The van der Waals surface area contributed by atoms with Crippen molar-refractivity contribution < 1.29 is 9.59 Å². The van der Waals surface area contributed by atoms with Crippen LogP contribution in [0.2, 0.25) is 5.02 Å². The monoisotopic (exact) mass is 473 g/mol. The first-order chi connectivity index (χ1) is 16.0. The second-order valence-electron chi connectivity index (χ2n) is 8.02. The predicted molar refractivity (Wildman–Crippen MR) is 135 cm³/mol. The molecule has 0 unspecified atom stereocenters. The molecule has 0 spiro atoms. The van der Waals surface area contributed by atoms with Crippen LogP contribution in [-0.4, -0.2) is 41.4 Å². The topological polar surface area (TPSA) is 54.3 Å². The average molecular weight is 474 g/mol. The Balaban J connectivity index is 1.69. The lowest BCUT2D eigenvalue weighted by atomic mass is 9.95. The SMILES string of the molecule is C#CCN(C)CCn1cc(C2=C(c3csc4ccc(Cl)cc34)C(=O)NC2=O)c2ccccc21. The van der Waals surface area contributed by atoms with Gasteiger partial charge in [-0.3, -0.25) is 19.8 Å². The van der Waals surface area contributed by atoms with E-state index in [0.29, 0.717) is 29.3 Å². The zero-order chi connectivity index (χ0) is 23.1. The van der Waals surface area contributed by atoms with Gasteiger partial charge in [-0.05, 0) is 31.3 Å². The Labute approximate surface area is 200 Å². The minimum absolute atomic E-state index is 0.385. The molecular weight excluding hydrogens is 454 g/mol. The Bertz CT molecular complexity index is 1510. The van der Waals surface area contributed by atoms with Gasteiger partial charge in [0, 0.05) is 61.8 Å². The molecule has 0 aliphatic carbocycles. The van der Waals surface area contributed by atoms with Crippen molar-refractivity contribution in [2.75, 3.05) is 20.1 Å². The number of amides is 2. The maximum Gasteiger partial charge on any atom is 0.259 e. The molecule has 1 N–H and O–H groups in total. The molecule has 5 nitrogen and oxygen atoms in total. The fourth-order valence-corrected chi connectivity index (χ4v) is 5.41. The van der Waals surface area contributed by atoms with Gasteiger partial charge in [0.15, 0.2) is 0 Å². The molecule has 7 heteroatoms. The van der Waals surface area contributed by atoms with Crippen LogP contribution in [0.3, 0.4) is 0 Å². The minimum Gasteiger partial charge on any atom is -0.346 e. The second-order valence-corrected chi connectivity index (χ2v) is 9.37. The fourth-order valence-electron chi connectivity index (χ4n) is 4.31. The van der Waals surface area contributed by atoms with Crippen LogP contribution in [0, 0.1) is 12.3 Å². The van der Waals surface area contributed by atoms with Gasteiger partial charge in [0.1, 0.15) is 0 Å². The number of imide groups is 1. The molecule has 4 aromatic rings. The number of para-hydroxylation sites is 1. The molecule has 1 aliphatic rings. The van der Waals surface area contributed by atoms with Gasteiger partial charge in [-0.15, -0.1) is 17.8 Å². The zero-order valence-electron chi connectivity index (χ0n) is 17.9. The molecule has 0 saturated heterocycles. The molecule has 2 aromatic heterocycles. The van der Waals surface area contributed by atoms with Crippen LogP contribution in [0.15, 0.2) is 54.0 Å². The van der Waals surface area contributed by atoms with E-state index in [9.17, 15) is 9.59 Å². The van der Waals surface area contributed by atoms with Crippen LogP contribution in [0.25, 0.3) is 32.1 Å². The van der Waals surface area contributed by atoms with Crippen LogP contribution in [-0.2, 0) is 16.1 Å². The minimum atomic E-state index is -0.389. The zero-order valence-corrected chi connectivity index (χ0v) is 19.5. The van der Waals surface area contributed by atoms with E-state index in [2.05, 4.69) is 20.7 Å². The Morgan fingerprint density at radius 3 is 2.64 bits per heavy atom. The number of hydrogen-bond donors (Lipinski definition) is 1. The van der Waals surface area contributed by atoms with Crippen molar-refractivity contribution in [1.82, 2.24) is 14.8 Å². The molecule has 0 fully saturated rings. The third-order valence-corrected chi connectivity index (χ3v) is 7.08. The summed E-state index contributed by atoms with van der Waals surface area (Å²) in [5.41, 5.74) is 3.25. The lowest BCUT2D eigenvalue weighted by Crippen LogP contribution is -2.23. The van der Waals surface area contributed by atoms with Crippen molar-refractivity contribution in [2.24, 2.45) is 0 Å². The van der Waals surface area contributed by atoms with E-state index in [1.807, 2.05) is 61.1 Å². The van der Waals surface area contributed by atoms with Gasteiger partial charge in [0.25, 0.3) is 11.8 Å². The summed E-state index contributed by atoms with van der Waals surface area (Å²) in [4.78, 5) is 28.1. The summed E-state index contributed by atoms with van der Waals surface area (Å²) in [7, 11) is 1.98. The highest BCUT2D eigenvalue weighted by Crippen LogP contribution is 2.40. The van der Waals surface area contributed by atoms with E-state index in [-0.39, 0.29) is 11.8 Å². The van der Waals surface area contributed by atoms with E-state index in [0.717, 1.165) is 38.7 Å². The van der Waals surface area contributed by atoms with Crippen molar-refractivity contribution in [3.63, 3.8) is 0 Å². The Kier molecular flexibility index (Phi) is 5.55. The molecule has 164 valence electrons. The van der Waals surface area contributed by atoms with Gasteiger partial charge in [-0.1, -0.05) is 35.7 Å². The summed E-state index contributed by atoms with van der Waals surface area (Å²) < 4.78 is 3.12. The highest BCUT2D eigenvalue weighted by molar-refractivity contribution is 7.17. The third-order valence-electron chi connectivity index (χ3n) is 5.88. The number of nitrogens with one attached hydrogen (secondary N) is 1. The maximum absolute atomic E-state index is 13.0. The molecule has 3 heterocycles. The Morgan fingerprint density at radius 1 is 1.09 bits per heavy atom. The first-order valence-corrected chi connectivity index (χ1v) is 11.7. The van der Waals surface area contributed by atoms with Gasteiger partial charge < -0.3 is 4.57 Å². The number of fused-ring (bicyclic) bond motifs is 2. The van der Waals surface area contributed by atoms with E-state index < -0.39 is 0 Å². The summed E-state index contributed by atoms with van der Waals surface area (Å²) in [5, 5.41) is 6.80. The number of benzene rings is 2. The number of nitrogens with zero attached hydrogens (tertiary/aromatic N) is 2. The number of thiophene rings is 1. The third kappa shape index (κ3) is 3.75. The van der Waals surface area contributed by atoms with Gasteiger partial charge in [0.2, 0.25) is 0 Å². The van der Waals surface area contributed by atoms with Gasteiger partial charge >= 0.3 is 0 Å². The molecule has 0 radical (unpaired) electrons. The molecule has 5 rings (SSSR count). The van der Waals surface area contributed by atoms with E-state index >= 15 is 0 Å². The number of terminal acetylenes is 1. The van der Waals surface area contributed by atoms with Crippen LogP contribution in [0.4, 0.5) is 0 Å². The fraction of sp³-hybridized carbons (Fsp3) is 0.154. The van der Waals surface area contributed by atoms with E-state index in [4.69, 9.17) is 18.0 Å². The number of halogens is 1. The van der Waals surface area contributed by atoms with Crippen molar-refractivity contribution in [3.05, 3.63) is 70.2 Å². The van der Waals surface area contributed by atoms with Gasteiger partial charge in [-0.2, -0.15) is 0 Å². The molecular formula is C26H20ClN3O2S. The number of hydrogen-bond acceptors (Lipinski definition) is 4. The van der Waals surface area contributed by atoms with Gasteiger partial charge in [-0.25, -0.2) is 0 Å².